The van der Waals surface area contributed by atoms with Crippen LogP contribution in [0.3, 0.4) is 0 Å². The Kier molecular flexibility index (Phi) is 2.53. The van der Waals surface area contributed by atoms with Gasteiger partial charge in [0, 0.05) is 6.42 Å². The van der Waals surface area contributed by atoms with Crippen LogP contribution in [0.5, 0.6) is 0 Å². The van der Waals surface area contributed by atoms with E-state index in [1.54, 1.807) is 0 Å². The van der Waals surface area contributed by atoms with Gasteiger partial charge in [0.05, 0.1) is 0 Å². The molecule has 1 heterocycles. The minimum Gasteiger partial charge on any atom is -0.615 e. The van der Waals surface area contributed by atoms with E-state index in [1.165, 1.54) is 6.42 Å². The maximum Gasteiger partial charge on any atom is 0.170 e. The highest BCUT2D eigenvalue weighted by Crippen LogP contribution is 2.21. The molecule has 2 atom stereocenters. The van der Waals surface area contributed by atoms with Crippen molar-refractivity contribution in [2.24, 2.45) is 0 Å². The van der Waals surface area contributed by atoms with Crippen LogP contribution >= 0.6 is 12.6 Å². The lowest BCUT2D eigenvalue weighted by molar-refractivity contribution is 0.568. The SMILES string of the molecule is [O-][S+]1CCCCC1[S]. The van der Waals surface area contributed by atoms with Gasteiger partial charge in [0.15, 0.2) is 4.58 Å². The molecule has 0 amide bonds. The predicted molar refractivity (Wildman–Crippen MR) is 38.2 cm³/mol. The van der Waals surface area contributed by atoms with Gasteiger partial charge in [-0.05, 0) is 36.6 Å². The van der Waals surface area contributed by atoms with E-state index in [0.29, 0.717) is 0 Å². The molecule has 1 saturated heterocycles. The fourth-order valence-electron chi connectivity index (χ4n) is 0.818. The molecule has 1 fully saturated rings. The minimum atomic E-state index is -0.670. The topological polar surface area (TPSA) is 23.1 Å². The van der Waals surface area contributed by atoms with Crippen molar-refractivity contribution in [1.82, 2.24) is 0 Å². The Morgan fingerprint density at radius 3 is 2.62 bits per heavy atom. The van der Waals surface area contributed by atoms with Crippen LogP contribution in [0.4, 0.5) is 0 Å². The standard InChI is InChI=1S/C5H9OS2/c6-8-4-2-1-3-5(8)7/h5H,1-4H2. The third kappa shape index (κ3) is 1.57. The molecule has 0 aromatic carbocycles. The third-order valence-corrected chi connectivity index (χ3v) is 3.72. The molecule has 1 aliphatic heterocycles. The first kappa shape index (κ1) is 6.78. The fourth-order valence-corrected chi connectivity index (χ4v) is 2.45. The molecule has 0 spiro atoms. The zero-order valence-corrected chi connectivity index (χ0v) is 6.26. The van der Waals surface area contributed by atoms with Crippen molar-refractivity contribution in [1.29, 1.82) is 0 Å². The maximum atomic E-state index is 10.8. The first-order chi connectivity index (χ1) is 3.80. The van der Waals surface area contributed by atoms with Gasteiger partial charge in [0.25, 0.3) is 0 Å². The van der Waals surface area contributed by atoms with Crippen LogP contribution in [-0.4, -0.2) is 14.9 Å². The van der Waals surface area contributed by atoms with E-state index < -0.39 is 11.2 Å². The summed E-state index contributed by atoms with van der Waals surface area (Å²) in [5.74, 6) is 0.841. The number of hydrogen-bond donors (Lipinski definition) is 0. The molecule has 3 heteroatoms. The van der Waals surface area contributed by atoms with Crippen molar-refractivity contribution in [2.75, 3.05) is 5.75 Å². The van der Waals surface area contributed by atoms with E-state index >= 15 is 0 Å². The molecule has 0 bridgehead atoms. The molecule has 0 aromatic heterocycles. The van der Waals surface area contributed by atoms with Gasteiger partial charge in [-0.1, -0.05) is 0 Å². The molecule has 0 aromatic rings. The van der Waals surface area contributed by atoms with Gasteiger partial charge < -0.3 is 4.55 Å². The Labute approximate surface area is 58.4 Å². The molecular formula is C5H9OS2. The third-order valence-electron chi connectivity index (χ3n) is 1.33. The highest BCUT2D eigenvalue weighted by Gasteiger charge is 2.22. The van der Waals surface area contributed by atoms with Gasteiger partial charge >= 0.3 is 0 Å². The van der Waals surface area contributed by atoms with Crippen LogP contribution in [0.25, 0.3) is 0 Å². The van der Waals surface area contributed by atoms with Crippen molar-refractivity contribution in [3.63, 3.8) is 0 Å². The van der Waals surface area contributed by atoms with Crippen molar-refractivity contribution in [3.05, 3.63) is 0 Å². The summed E-state index contributed by atoms with van der Waals surface area (Å²) in [6, 6.07) is 0. The van der Waals surface area contributed by atoms with Crippen molar-refractivity contribution >= 4 is 23.8 Å². The van der Waals surface area contributed by atoms with Gasteiger partial charge in [-0.3, -0.25) is 0 Å². The van der Waals surface area contributed by atoms with E-state index in [1.807, 2.05) is 0 Å². The largest absolute Gasteiger partial charge is 0.615 e. The molecular weight excluding hydrogens is 140 g/mol. The van der Waals surface area contributed by atoms with Gasteiger partial charge in [-0.25, -0.2) is 0 Å². The normalized spacial score (nSPS) is 39.8. The molecule has 2 unspecified atom stereocenters. The Morgan fingerprint density at radius 1 is 1.50 bits per heavy atom. The summed E-state index contributed by atoms with van der Waals surface area (Å²) in [5, 5.41) is 0. The molecule has 1 nitrogen and oxygen atoms in total. The van der Waals surface area contributed by atoms with E-state index in [4.69, 9.17) is 12.6 Å². The summed E-state index contributed by atoms with van der Waals surface area (Å²) >= 11 is 4.24. The lowest BCUT2D eigenvalue weighted by atomic mass is 10.3. The second-order valence-electron chi connectivity index (χ2n) is 2.01. The first-order valence-electron chi connectivity index (χ1n) is 2.83. The van der Waals surface area contributed by atoms with Crippen LogP contribution in [-0.2, 0) is 11.2 Å². The molecule has 0 aliphatic carbocycles. The minimum absolute atomic E-state index is 0.0590. The Balaban J connectivity index is 2.28. The summed E-state index contributed by atoms with van der Waals surface area (Å²) in [6.45, 7) is 0. The fraction of sp³-hybridized carbons (Fsp3) is 1.00. The molecule has 0 saturated carbocycles. The predicted octanol–water partition coefficient (Wildman–Crippen LogP) is 1.44. The van der Waals surface area contributed by atoms with Crippen molar-refractivity contribution in [3.8, 4) is 0 Å². The van der Waals surface area contributed by atoms with E-state index in [-0.39, 0.29) is 4.58 Å². The van der Waals surface area contributed by atoms with Gasteiger partial charge in [0.1, 0.15) is 5.75 Å². The highest BCUT2D eigenvalue weighted by molar-refractivity contribution is 8.04. The Morgan fingerprint density at radius 2 is 2.25 bits per heavy atom. The van der Waals surface area contributed by atoms with Crippen molar-refractivity contribution in [2.45, 2.75) is 23.8 Å². The average molecular weight is 149 g/mol. The van der Waals surface area contributed by atoms with Gasteiger partial charge in [-0.2, -0.15) is 0 Å². The van der Waals surface area contributed by atoms with E-state index in [0.717, 1.165) is 18.6 Å². The Hall–Kier alpha value is 0.660. The number of rotatable bonds is 0. The molecule has 8 heavy (non-hydrogen) atoms. The van der Waals surface area contributed by atoms with Crippen LogP contribution in [0.2, 0.25) is 0 Å². The lowest BCUT2D eigenvalue weighted by Crippen LogP contribution is -2.23. The van der Waals surface area contributed by atoms with Crippen LogP contribution < -0.4 is 0 Å². The average Bonchev–Trinajstić information content (AvgIpc) is 1.77. The number of hydrogen-bond acceptors (Lipinski definition) is 1. The molecule has 0 N–H and O–H groups in total. The molecule has 1 radical (unpaired) electrons. The summed E-state index contributed by atoms with van der Waals surface area (Å²) in [5.41, 5.74) is 0. The molecule has 1 aliphatic rings. The van der Waals surface area contributed by atoms with Crippen molar-refractivity contribution < 1.29 is 4.55 Å². The Bertz CT molecular complexity index is 66.8. The van der Waals surface area contributed by atoms with Gasteiger partial charge in [0.2, 0.25) is 0 Å². The monoisotopic (exact) mass is 149 g/mol. The first-order valence-corrected chi connectivity index (χ1v) is 4.69. The van der Waals surface area contributed by atoms with E-state index in [2.05, 4.69) is 0 Å². The lowest BCUT2D eigenvalue weighted by Gasteiger charge is -2.20. The summed E-state index contributed by atoms with van der Waals surface area (Å²) in [7, 11) is 0. The summed E-state index contributed by atoms with van der Waals surface area (Å²) in [6.07, 6.45) is 3.28. The highest BCUT2D eigenvalue weighted by atomic mass is 32.2. The summed E-state index contributed by atoms with van der Waals surface area (Å²) in [4.78, 5) is 0. The zero-order chi connectivity index (χ0) is 5.98. The quantitative estimate of drug-likeness (QED) is 0.478. The van der Waals surface area contributed by atoms with E-state index in [9.17, 15) is 4.55 Å². The van der Waals surface area contributed by atoms with Crippen LogP contribution in [0.15, 0.2) is 0 Å². The van der Waals surface area contributed by atoms with Crippen LogP contribution in [0.1, 0.15) is 19.3 Å². The smallest absolute Gasteiger partial charge is 0.170 e. The second-order valence-corrected chi connectivity index (χ2v) is 4.62. The summed E-state index contributed by atoms with van der Waals surface area (Å²) < 4.78 is 10.9. The molecule has 1 rings (SSSR count). The maximum absolute atomic E-state index is 10.8. The van der Waals surface area contributed by atoms with Gasteiger partial charge in [-0.15, -0.1) is 0 Å². The second kappa shape index (κ2) is 2.99. The zero-order valence-electron chi connectivity index (χ0n) is 4.63. The molecule has 47 valence electrons. The van der Waals surface area contributed by atoms with Crippen LogP contribution in [0, 0.1) is 0 Å².